The summed E-state index contributed by atoms with van der Waals surface area (Å²) in [5, 5.41) is 12.4. The SMILES string of the molecule is CN(Cc1c(F)cccc1Cl)C(=O)CSc1nnnn1-c1ccccc1. The van der Waals surface area contributed by atoms with Crippen molar-refractivity contribution in [2.24, 2.45) is 0 Å². The van der Waals surface area contributed by atoms with Gasteiger partial charge in [-0.05, 0) is 34.7 Å². The van der Waals surface area contributed by atoms with E-state index >= 15 is 0 Å². The number of carbonyl (C=O) groups is 1. The van der Waals surface area contributed by atoms with Gasteiger partial charge in [0, 0.05) is 24.2 Å². The molecule has 0 atom stereocenters. The van der Waals surface area contributed by atoms with Gasteiger partial charge in [-0.2, -0.15) is 4.68 Å². The molecule has 3 rings (SSSR count). The average molecular weight is 392 g/mol. The molecule has 0 bridgehead atoms. The van der Waals surface area contributed by atoms with Crippen LogP contribution in [0.3, 0.4) is 0 Å². The predicted molar refractivity (Wildman–Crippen MR) is 97.8 cm³/mol. The van der Waals surface area contributed by atoms with Gasteiger partial charge < -0.3 is 4.90 Å². The summed E-state index contributed by atoms with van der Waals surface area (Å²) in [5.74, 6) is -0.495. The van der Waals surface area contributed by atoms with Crippen LogP contribution in [0.4, 0.5) is 4.39 Å². The van der Waals surface area contributed by atoms with Gasteiger partial charge in [0.05, 0.1) is 11.4 Å². The van der Waals surface area contributed by atoms with Crippen LogP contribution in [0.1, 0.15) is 5.56 Å². The van der Waals surface area contributed by atoms with Crippen molar-refractivity contribution in [2.45, 2.75) is 11.7 Å². The quantitative estimate of drug-likeness (QED) is 0.604. The third-order valence-electron chi connectivity index (χ3n) is 3.65. The van der Waals surface area contributed by atoms with Gasteiger partial charge >= 0.3 is 0 Å². The van der Waals surface area contributed by atoms with E-state index in [1.165, 1.54) is 28.8 Å². The number of carbonyl (C=O) groups excluding carboxylic acids is 1. The zero-order valence-corrected chi connectivity index (χ0v) is 15.4. The zero-order valence-electron chi connectivity index (χ0n) is 13.8. The fraction of sp³-hybridized carbons (Fsp3) is 0.176. The molecule has 2 aromatic carbocycles. The van der Waals surface area contributed by atoms with E-state index in [4.69, 9.17) is 11.6 Å². The van der Waals surface area contributed by atoms with E-state index in [2.05, 4.69) is 15.5 Å². The minimum Gasteiger partial charge on any atom is -0.341 e. The fourth-order valence-corrected chi connectivity index (χ4v) is 3.30. The predicted octanol–water partition coefficient (Wildman–Crippen LogP) is 3.21. The fourth-order valence-electron chi connectivity index (χ4n) is 2.25. The third-order valence-corrected chi connectivity index (χ3v) is 4.91. The number of tetrazole rings is 1. The molecule has 134 valence electrons. The van der Waals surface area contributed by atoms with Gasteiger partial charge in [0.15, 0.2) is 0 Å². The van der Waals surface area contributed by atoms with Crippen molar-refractivity contribution < 1.29 is 9.18 Å². The Morgan fingerprint density at radius 3 is 2.73 bits per heavy atom. The maximum atomic E-state index is 13.9. The first-order valence-electron chi connectivity index (χ1n) is 7.69. The summed E-state index contributed by atoms with van der Waals surface area (Å²) in [5.41, 5.74) is 1.10. The number of halogens is 2. The summed E-state index contributed by atoms with van der Waals surface area (Å²) in [7, 11) is 1.60. The van der Waals surface area contributed by atoms with Gasteiger partial charge in [-0.3, -0.25) is 4.79 Å². The lowest BCUT2D eigenvalue weighted by Crippen LogP contribution is -2.28. The Balaban J connectivity index is 1.64. The van der Waals surface area contributed by atoms with Crippen LogP contribution in [0.5, 0.6) is 0 Å². The minimum absolute atomic E-state index is 0.0918. The Bertz CT molecular complexity index is 885. The van der Waals surface area contributed by atoms with Crippen molar-refractivity contribution in [1.29, 1.82) is 0 Å². The molecule has 0 fully saturated rings. The largest absolute Gasteiger partial charge is 0.341 e. The summed E-state index contributed by atoms with van der Waals surface area (Å²) in [4.78, 5) is 13.8. The molecule has 26 heavy (non-hydrogen) atoms. The molecule has 6 nitrogen and oxygen atoms in total. The molecule has 0 unspecified atom stereocenters. The van der Waals surface area contributed by atoms with Crippen molar-refractivity contribution in [3.8, 4) is 5.69 Å². The topological polar surface area (TPSA) is 63.9 Å². The third kappa shape index (κ3) is 4.20. The van der Waals surface area contributed by atoms with Gasteiger partial charge in [-0.1, -0.05) is 47.6 Å². The minimum atomic E-state index is -0.433. The van der Waals surface area contributed by atoms with E-state index in [1.54, 1.807) is 17.8 Å². The van der Waals surface area contributed by atoms with Crippen LogP contribution in [0.2, 0.25) is 5.02 Å². The molecule has 0 saturated carbocycles. The number of benzene rings is 2. The molecule has 0 N–H and O–H groups in total. The molecule has 0 spiro atoms. The molecule has 0 radical (unpaired) electrons. The highest BCUT2D eigenvalue weighted by molar-refractivity contribution is 7.99. The monoisotopic (exact) mass is 391 g/mol. The molecule has 3 aromatic rings. The molecule has 0 saturated heterocycles. The normalized spacial score (nSPS) is 10.7. The second-order valence-corrected chi connectivity index (χ2v) is 6.80. The van der Waals surface area contributed by atoms with E-state index in [0.717, 1.165) is 5.69 Å². The number of aromatic nitrogens is 4. The molecule has 9 heteroatoms. The summed E-state index contributed by atoms with van der Waals surface area (Å²) >= 11 is 7.23. The highest BCUT2D eigenvalue weighted by atomic mass is 35.5. The first-order chi connectivity index (χ1) is 12.6. The standard InChI is InChI=1S/C17H15ClFN5OS/c1-23(10-13-14(18)8-5-9-15(13)19)16(25)11-26-17-20-21-22-24(17)12-6-3-2-4-7-12/h2-9H,10-11H2,1H3. The van der Waals surface area contributed by atoms with Gasteiger partial charge in [-0.15, -0.1) is 5.10 Å². The van der Waals surface area contributed by atoms with Crippen molar-refractivity contribution in [2.75, 3.05) is 12.8 Å². The number of para-hydroxylation sites is 1. The van der Waals surface area contributed by atoms with Gasteiger partial charge in [0.1, 0.15) is 5.82 Å². The molecule has 1 heterocycles. The van der Waals surface area contributed by atoms with Gasteiger partial charge in [0.2, 0.25) is 11.1 Å². The Labute approximate surface area is 159 Å². The molecule has 1 aromatic heterocycles. The Morgan fingerprint density at radius 2 is 2.00 bits per heavy atom. The van der Waals surface area contributed by atoms with Crippen LogP contribution in [0, 0.1) is 5.82 Å². The number of rotatable bonds is 6. The molecular formula is C17H15ClFN5OS. The number of amides is 1. The Kier molecular flexibility index (Phi) is 5.85. The first kappa shape index (κ1) is 18.3. The summed E-state index contributed by atoms with van der Waals surface area (Å²) in [6.07, 6.45) is 0. The van der Waals surface area contributed by atoms with Crippen LogP contribution in [0.15, 0.2) is 53.7 Å². The zero-order chi connectivity index (χ0) is 18.5. The van der Waals surface area contributed by atoms with Crippen LogP contribution < -0.4 is 0 Å². The van der Waals surface area contributed by atoms with Crippen LogP contribution in [-0.4, -0.2) is 43.8 Å². The average Bonchev–Trinajstić information content (AvgIpc) is 3.12. The maximum absolute atomic E-state index is 13.9. The number of hydrogen-bond donors (Lipinski definition) is 0. The second kappa shape index (κ2) is 8.29. The smallest absolute Gasteiger partial charge is 0.233 e. The van der Waals surface area contributed by atoms with Crippen molar-refractivity contribution >= 4 is 29.3 Å². The van der Waals surface area contributed by atoms with E-state index < -0.39 is 5.82 Å². The highest BCUT2D eigenvalue weighted by Crippen LogP contribution is 2.22. The lowest BCUT2D eigenvalue weighted by Gasteiger charge is -2.18. The summed E-state index contributed by atoms with van der Waals surface area (Å²) in [6.45, 7) is 0.0918. The Morgan fingerprint density at radius 1 is 1.23 bits per heavy atom. The summed E-state index contributed by atoms with van der Waals surface area (Å²) in [6, 6.07) is 13.8. The van der Waals surface area contributed by atoms with E-state index in [1.807, 2.05) is 30.3 Å². The Hall–Kier alpha value is -2.45. The van der Waals surface area contributed by atoms with Crippen LogP contribution in [0.25, 0.3) is 5.69 Å². The second-order valence-electron chi connectivity index (χ2n) is 5.45. The summed E-state index contributed by atoms with van der Waals surface area (Å²) < 4.78 is 15.4. The maximum Gasteiger partial charge on any atom is 0.233 e. The van der Waals surface area contributed by atoms with Gasteiger partial charge in [-0.25, -0.2) is 4.39 Å². The van der Waals surface area contributed by atoms with Gasteiger partial charge in [0.25, 0.3) is 0 Å². The molecule has 0 aliphatic heterocycles. The molecule has 0 aliphatic carbocycles. The number of hydrogen-bond acceptors (Lipinski definition) is 5. The number of thioether (sulfide) groups is 1. The lowest BCUT2D eigenvalue weighted by atomic mass is 10.2. The van der Waals surface area contributed by atoms with Crippen molar-refractivity contribution in [3.05, 3.63) is 64.9 Å². The van der Waals surface area contributed by atoms with Crippen LogP contribution >= 0.6 is 23.4 Å². The first-order valence-corrected chi connectivity index (χ1v) is 9.06. The van der Waals surface area contributed by atoms with Crippen molar-refractivity contribution in [3.63, 3.8) is 0 Å². The van der Waals surface area contributed by atoms with Crippen LogP contribution in [-0.2, 0) is 11.3 Å². The number of nitrogens with zero attached hydrogens (tertiary/aromatic N) is 5. The van der Waals surface area contributed by atoms with E-state index in [-0.39, 0.29) is 18.2 Å². The van der Waals surface area contributed by atoms with Crippen molar-refractivity contribution in [1.82, 2.24) is 25.1 Å². The lowest BCUT2D eigenvalue weighted by molar-refractivity contribution is -0.127. The highest BCUT2D eigenvalue weighted by Gasteiger charge is 2.16. The van der Waals surface area contributed by atoms with E-state index in [0.29, 0.717) is 15.7 Å². The van der Waals surface area contributed by atoms with E-state index in [9.17, 15) is 9.18 Å². The molecular weight excluding hydrogens is 377 g/mol. The molecule has 1 amide bonds. The molecule has 0 aliphatic rings.